The van der Waals surface area contributed by atoms with Gasteiger partial charge in [0.15, 0.2) is 0 Å². The molecule has 2 heterocycles. The molecule has 1 saturated heterocycles. The van der Waals surface area contributed by atoms with Gasteiger partial charge in [-0.3, -0.25) is 14.3 Å². The highest BCUT2D eigenvalue weighted by Gasteiger charge is 2.35. The summed E-state index contributed by atoms with van der Waals surface area (Å²) in [7, 11) is 1.77. The van der Waals surface area contributed by atoms with Crippen molar-refractivity contribution in [2.24, 2.45) is 13.0 Å². The second-order valence-corrected chi connectivity index (χ2v) is 5.71. The van der Waals surface area contributed by atoms with Crippen LogP contribution in [0.1, 0.15) is 6.42 Å². The van der Waals surface area contributed by atoms with Gasteiger partial charge in [0.2, 0.25) is 11.8 Å². The molecule has 3 rings (SSSR count). The number of benzene rings is 1. The van der Waals surface area contributed by atoms with Crippen molar-refractivity contribution in [1.29, 1.82) is 0 Å². The fourth-order valence-electron chi connectivity index (χ4n) is 2.51. The predicted octanol–water partition coefficient (Wildman–Crippen LogP) is 2.07. The van der Waals surface area contributed by atoms with Crippen LogP contribution in [0.2, 0.25) is 5.02 Å². The van der Waals surface area contributed by atoms with E-state index in [4.69, 9.17) is 11.6 Å². The van der Waals surface area contributed by atoms with E-state index in [1.54, 1.807) is 47.2 Å². The average Bonchev–Trinajstić information content (AvgIpc) is 3.05. The van der Waals surface area contributed by atoms with Crippen molar-refractivity contribution < 1.29 is 9.59 Å². The molecule has 1 aliphatic rings. The van der Waals surface area contributed by atoms with Gasteiger partial charge in [0, 0.05) is 36.9 Å². The molecular formula is C15H15ClN4O2. The third-order valence-electron chi connectivity index (χ3n) is 3.59. The SMILES string of the molecule is Cn1cc(NC(=O)C2CC(=O)N(c3cccc(Cl)c3)C2)cn1. The summed E-state index contributed by atoms with van der Waals surface area (Å²) in [5.74, 6) is -0.633. The number of nitrogens with one attached hydrogen (secondary N) is 1. The van der Waals surface area contributed by atoms with Crippen molar-refractivity contribution in [2.45, 2.75) is 6.42 Å². The van der Waals surface area contributed by atoms with E-state index in [1.807, 2.05) is 6.07 Å². The van der Waals surface area contributed by atoms with Crippen LogP contribution in [0.15, 0.2) is 36.7 Å². The summed E-state index contributed by atoms with van der Waals surface area (Å²) in [5.41, 5.74) is 1.34. The van der Waals surface area contributed by atoms with E-state index in [9.17, 15) is 9.59 Å². The van der Waals surface area contributed by atoms with Gasteiger partial charge < -0.3 is 10.2 Å². The Morgan fingerprint density at radius 3 is 2.95 bits per heavy atom. The lowest BCUT2D eigenvalue weighted by molar-refractivity contribution is -0.122. The zero-order valence-corrected chi connectivity index (χ0v) is 12.7. The second kappa shape index (κ2) is 5.81. The number of anilines is 2. The maximum absolute atomic E-state index is 12.3. The Balaban J connectivity index is 1.70. The largest absolute Gasteiger partial charge is 0.323 e. The molecule has 1 N–H and O–H groups in total. The van der Waals surface area contributed by atoms with E-state index >= 15 is 0 Å². The first-order chi connectivity index (χ1) is 10.5. The van der Waals surface area contributed by atoms with E-state index in [1.165, 1.54) is 0 Å². The molecule has 1 fully saturated rings. The molecule has 7 heteroatoms. The Morgan fingerprint density at radius 2 is 2.27 bits per heavy atom. The average molecular weight is 319 g/mol. The highest BCUT2D eigenvalue weighted by Crippen LogP contribution is 2.27. The molecule has 1 aliphatic heterocycles. The van der Waals surface area contributed by atoms with Crippen molar-refractivity contribution in [3.8, 4) is 0 Å². The van der Waals surface area contributed by atoms with Gasteiger partial charge in [0.1, 0.15) is 0 Å². The fraction of sp³-hybridized carbons (Fsp3) is 0.267. The van der Waals surface area contributed by atoms with Crippen molar-refractivity contribution in [1.82, 2.24) is 9.78 Å². The number of aromatic nitrogens is 2. The quantitative estimate of drug-likeness (QED) is 0.942. The molecule has 0 aliphatic carbocycles. The molecule has 2 aromatic rings. The number of rotatable bonds is 3. The minimum Gasteiger partial charge on any atom is -0.323 e. The highest BCUT2D eigenvalue weighted by molar-refractivity contribution is 6.31. The summed E-state index contributed by atoms with van der Waals surface area (Å²) in [6.45, 7) is 0.352. The number of amides is 2. The lowest BCUT2D eigenvalue weighted by atomic mass is 10.1. The van der Waals surface area contributed by atoms with Crippen LogP contribution in [0.3, 0.4) is 0 Å². The molecule has 2 amide bonds. The topological polar surface area (TPSA) is 67.2 Å². The molecule has 6 nitrogen and oxygen atoms in total. The van der Waals surface area contributed by atoms with Crippen LogP contribution in [0, 0.1) is 5.92 Å². The van der Waals surface area contributed by atoms with Gasteiger partial charge in [-0.1, -0.05) is 17.7 Å². The van der Waals surface area contributed by atoms with E-state index in [2.05, 4.69) is 10.4 Å². The number of nitrogens with zero attached hydrogens (tertiary/aromatic N) is 3. The van der Waals surface area contributed by atoms with Crippen molar-refractivity contribution >= 4 is 34.8 Å². The van der Waals surface area contributed by atoms with E-state index in [-0.39, 0.29) is 24.2 Å². The number of hydrogen-bond acceptors (Lipinski definition) is 3. The van der Waals surface area contributed by atoms with Crippen LogP contribution in [0.5, 0.6) is 0 Å². The molecular weight excluding hydrogens is 304 g/mol. The molecule has 0 spiro atoms. The Bertz CT molecular complexity index is 728. The van der Waals surface area contributed by atoms with Crippen molar-refractivity contribution in [3.63, 3.8) is 0 Å². The monoisotopic (exact) mass is 318 g/mol. The minimum atomic E-state index is -0.383. The third kappa shape index (κ3) is 2.96. The summed E-state index contributed by atoms with van der Waals surface area (Å²) in [5, 5.41) is 7.34. The fourth-order valence-corrected chi connectivity index (χ4v) is 2.69. The van der Waals surface area contributed by atoms with Gasteiger partial charge in [-0.2, -0.15) is 5.10 Å². The highest BCUT2D eigenvalue weighted by atomic mass is 35.5. The zero-order chi connectivity index (χ0) is 15.7. The van der Waals surface area contributed by atoms with Crippen LogP contribution >= 0.6 is 11.6 Å². The normalized spacial score (nSPS) is 17.8. The Hall–Kier alpha value is -2.34. The summed E-state index contributed by atoms with van der Waals surface area (Å²) < 4.78 is 1.60. The zero-order valence-electron chi connectivity index (χ0n) is 12.0. The standard InChI is InChI=1S/C15H15ClN4O2/c1-19-9-12(7-17-19)18-15(22)10-5-14(21)20(8-10)13-4-2-3-11(16)6-13/h2-4,6-7,9-10H,5,8H2,1H3,(H,18,22). The van der Waals surface area contributed by atoms with Gasteiger partial charge in [-0.15, -0.1) is 0 Å². The van der Waals surface area contributed by atoms with Gasteiger partial charge in [-0.05, 0) is 18.2 Å². The molecule has 114 valence electrons. The van der Waals surface area contributed by atoms with Crippen LogP contribution in [0.25, 0.3) is 0 Å². The number of aryl methyl sites for hydroxylation is 1. The second-order valence-electron chi connectivity index (χ2n) is 5.28. The van der Waals surface area contributed by atoms with Crippen LogP contribution < -0.4 is 10.2 Å². The van der Waals surface area contributed by atoms with Crippen molar-refractivity contribution in [3.05, 3.63) is 41.7 Å². The van der Waals surface area contributed by atoms with Crippen LogP contribution in [0.4, 0.5) is 11.4 Å². The Kier molecular flexibility index (Phi) is 3.85. The van der Waals surface area contributed by atoms with Gasteiger partial charge >= 0.3 is 0 Å². The van der Waals surface area contributed by atoms with Gasteiger partial charge in [-0.25, -0.2) is 0 Å². The van der Waals surface area contributed by atoms with Gasteiger partial charge in [0.25, 0.3) is 0 Å². The van der Waals surface area contributed by atoms with Crippen LogP contribution in [-0.4, -0.2) is 28.1 Å². The first-order valence-electron chi connectivity index (χ1n) is 6.88. The molecule has 1 aromatic heterocycles. The Labute approximate surface area is 132 Å². The van der Waals surface area contributed by atoms with E-state index in [0.717, 1.165) is 0 Å². The maximum Gasteiger partial charge on any atom is 0.229 e. The summed E-state index contributed by atoms with van der Waals surface area (Å²) in [6.07, 6.45) is 3.48. The Morgan fingerprint density at radius 1 is 1.45 bits per heavy atom. The molecule has 0 saturated carbocycles. The number of halogens is 1. The van der Waals surface area contributed by atoms with Gasteiger partial charge in [0.05, 0.1) is 17.8 Å². The molecule has 1 aromatic carbocycles. The van der Waals surface area contributed by atoms with E-state index < -0.39 is 0 Å². The summed E-state index contributed by atoms with van der Waals surface area (Å²) in [6, 6.07) is 7.07. The molecule has 1 atom stereocenters. The minimum absolute atomic E-state index is 0.0754. The third-order valence-corrected chi connectivity index (χ3v) is 3.82. The smallest absolute Gasteiger partial charge is 0.229 e. The maximum atomic E-state index is 12.3. The first kappa shape index (κ1) is 14.6. The number of hydrogen-bond donors (Lipinski definition) is 1. The van der Waals surface area contributed by atoms with Crippen LogP contribution in [-0.2, 0) is 16.6 Å². The molecule has 0 radical (unpaired) electrons. The molecule has 22 heavy (non-hydrogen) atoms. The molecule has 1 unspecified atom stereocenters. The molecule has 0 bridgehead atoms. The van der Waals surface area contributed by atoms with Crippen molar-refractivity contribution in [2.75, 3.05) is 16.8 Å². The lowest BCUT2D eigenvalue weighted by Crippen LogP contribution is -2.28. The number of carbonyl (C=O) groups excluding carboxylic acids is 2. The summed E-state index contributed by atoms with van der Waals surface area (Å²) in [4.78, 5) is 26.0. The number of carbonyl (C=O) groups is 2. The summed E-state index contributed by atoms with van der Waals surface area (Å²) >= 11 is 5.95. The first-order valence-corrected chi connectivity index (χ1v) is 7.26. The lowest BCUT2D eigenvalue weighted by Gasteiger charge is -2.16. The van der Waals surface area contributed by atoms with E-state index in [0.29, 0.717) is 22.9 Å². The predicted molar refractivity (Wildman–Crippen MR) is 83.7 cm³/mol.